The van der Waals surface area contributed by atoms with Crippen LogP contribution in [0.1, 0.15) is 19.4 Å². The number of rotatable bonds is 7. The molecule has 1 rings (SSSR count). The van der Waals surface area contributed by atoms with E-state index in [-0.39, 0.29) is 4.90 Å². The number of nitrogens with zero attached hydrogens (tertiary/aromatic N) is 1. The van der Waals surface area contributed by atoms with E-state index in [1.165, 1.54) is 6.07 Å². The minimum Gasteiger partial charge on any atom is -0.399 e. The molecule has 0 aromatic heterocycles. The summed E-state index contributed by atoms with van der Waals surface area (Å²) in [6, 6.07) is 3.22. The first-order chi connectivity index (χ1) is 9.29. The van der Waals surface area contributed by atoms with E-state index in [0.717, 1.165) is 30.3 Å². The summed E-state index contributed by atoms with van der Waals surface area (Å²) in [5, 5.41) is 5.21. The fourth-order valence-electron chi connectivity index (χ4n) is 1.95. The Morgan fingerprint density at radius 1 is 1.25 bits per heavy atom. The number of sulfonamides is 1. The second kappa shape index (κ2) is 7.31. The van der Waals surface area contributed by atoms with Crippen molar-refractivity contribution in [1.29, 1.82) is 0 Å². The normalized spacial score (nSPS) is 12.1. The zero-order valence-corrected chi connectivity index (χ0v) is 13.9. The van der Waals surface area contributed by atoms with Gasteiger partial charge >= 0.3 is 0 Å². The van der Waals surface area contributed by atoms with Crippen LogP contribution in [0.3, 0.4) is 0 Å². The van der Waals surface area contributed by atoms with Gasteiger partial charge in [0.1, 0.15) is 0 Å². The largest absolute Gasteiger partial charge is 0.399 e. The number of hydrogen-bond acceptors (Lipinski definition) is 5. The van der Waals surface area contributed by atoms with Gasteiger partial charge in [0.05, 0.1) is 4.90 Å². The molecule has 0 fully saturated rings. The van der Waals surface area contributed by atoms with E-state index in [0.29, 0.717) is 11.3 Å². The lowest BCUT2D eigenvalue weighted by molar-refractivity contribution is 0.324. The first-order valence-electron chi connectivity index (χ1n) is 6.57. The number of primary sulfonamides is 1. The molecule has 0 aliphatic heterocycles. The fraction of sp³-hybridized carbons (Fsp3) is 0.538. The summed E-state index contributed by atoms with van der Waals surface area (Å²) >= 11 is 1.61. The van der Waals surface area contributed by atoms with Crippen molar-refractivity contribution >= 4 is 27.5 Å². The van der Waals surface area contributed by atoms with Crippen LogP contribution in [-0.4, -0.2) is 38.7 Å². The molecular weight excluding hydrogens is 294 g/mol. The van der Waals surface area contributed by atoms with Gasteiger partial charge in [0, 0.05) is 22.9 Å². The molecule has 5 nitrogen and oxygen atoms in total. The molecule has 7 heteroatoms. The van der Waals surface area contributed by atoms with Crippen LogP contribution in [0.2, 0.25) is 0 Å². The van der Waals surface area contributed by atoms with Gasteiger partial charge in [0.25, 0.3) is 0 Å². The maximum atomic E-state index is 11.5. The molecule has 0 unspecified atom stereocenters. The van der Waals surface area contributed by atoms with E-state index in [2.05, 4.69) is 18.7 Å². The Bertz CT molecular complexity index is 555. The molecule has 0 saturated heterocycles. The van der Waals surface area contributed by atoms with Crippen LogP contribution in [0, 0.1) is 6.92 Å². The van der Waals surface area contributed by atoms with E-state index in [1.807, 2.05) is 0 Å². The molecule has 0 amide bonds. The zero-order valence-electron chi connectivity index (χ0n) is 12.2. The van der Waals surface area contributed by atoms with Crippen molar-refractivity contribution in [1.82, 2.24) is 4.90 Å². The van der Waals surface area contributed by atoms with Crippen LogP contribution in [0.4, 0.5) is 5.69 Å². The Morgan fingerprint density at radius 3 is 2.35 bits per heavy atom. The number of nitrogen functional groups attached to an aromatic ring is 1. The van der Waals surface area contributed by atoms with Gasteiger partial charge in [-0.3, -0.25) is 0 Å². The molecule has 1 aromatic rings. The first kappa shape index (κ1) is 17.3. The molecule has 1 aromatic carbocycles. The van der Waals surface area contributed by atoms with Crippen molar-refractivity contribution in [3.63, 3.8) is 0 Å². The van der Waals surface area contributed by atoms with Crippen molar-refractivity contribution in [2.45, 2.75) is 30.6 Å². The Morgan fingerprint density at radius 2 is 1.85 bits per heavy atom. The maximum Gasteiger partial charge on any atom is 0.238 e. The van der Waals surface area contributed by atoms with Crippen molar-refractivity contribution in [3.8, 4) is 0 Å². The van der Waals surface area contributed by atoms with E-state index in [9.17, 15) is 8.42 Å². The van der Waals surface area contributed by atoms with Crippen molar-refractivity contribution in [2.24, 2.45) is 5.14 Å². The van der Waals surface area contributed by atoms with Gasteiger partial charge in [-0.1, -0.05) is 13.8 Å². The predicted molar refractivity (Wildman–Crippen MR) is 85.5 cm³/mol. The number of nitrogens with two attached hydrogens (primary N) is 2. The summed E-state index contributed by atoms with van der Waals surface area (Å²) < 4.78 is 23.1. The summed E-state index contributed by atoms with van der Waals surface area (Å²) in [4.78, 5) is 3.30. The Balaban J connectivity index is 2.89. The summed E-state index contributed by atoms with van der Waals surface area (Å²) in [5.41, 5.74) is 6.86. The zero-order chi connectivity index (χ0) is 15.3. The molecule has 0 radical (unpaired) electrons. The van der Waals surface area contributed by atoms with Crippen molar-refractivity contribution in [2.75, 3.05) is 31.1 Å². The Hall–Kier alpha value is -0.760. The van der Waals surface area contributed by atoms with Gasteiger partial charge in [-0.25, -0.2) is 13.6 Å². The van der Waals surface area contributed by atoms with Crippen LogP contribution < -0.4 is 10.9 Å². The van der Waals surface area contributed by atoms with E-state index < -0.39 is 10.0 Å². The average molecular weight is 317 g/mol. The third-order valence-corrected chi connectivity index (χ3v) is 5.36. The third kappa shape index (κ3) is 4.66. The maximum absolute atomic E-state index is 11.5. The summed E-state index contributed by atoms with van der Waals surface area (Å²) in [6.45, 7) is 8.98. The lowest BCUT2D eigenvalue weighted by Gasteiger charge is -2.18. The Labute approximate surface area is 125 Å². The molecule has 0 spiro atoms. The fourth-order valence-corrected chi connectivity index (χ4v) is 3.97. The van der Waals surface area contributed by atoms with Gasteiger partial charge < -0.3 is 10.6 Å². The molecule has 0 bridgehead atoms. The van der Waals surface area contributed by atoms with Crippen LogP contribution in [0.25, 0.3) is 0 Å². The van der Waals surface area contributed by atoms with Gasteiger partial charge in [-0.2, -0.15) is 0 Å². The topological polar surface area (TPSA) is 89.4 Å². The quantitative estimate of drug-likeness (QED) is 0.589. The van der Waals surface area contributed by atoms with Crippen LogP contribution in [-0.2, 0) is 10.0 Å². The predicted octanol–water partition coefficient (Wildman–Crippen LogP) is 1.66. The van der Waals surface area contributed by atoms with Crippen LogP contribution in [0.15, 0.2) is 21.9 Å². The minimum atomic E-state index is -3.73. The van der Waals surface area contributed by atoms with Gasteiger partial charge in [0.15, 0.2) is 0 Å². The van der Waals surface area contributed by atoms with Crippen molar-refractivity contribution in [3.05, 3.63) is 17.7 Å². The van der Waals surface area contributed by atoms with Gasteiger partial charge in [-0.05, 0) is 37.7 Å². The molecule has 4 N–H and O–H groups in total. The number of thioether (sulfide) groups is 1. The molecular formula is C13H23N3O2S2. The van der Waals surface area contributed by atoms with Gasteiger partial charge in [-0.15, -0.1) is 11.8 Å². The SMILES string of the molecule is CCN(CC)CCSc1cc(N)cc(S(N)(=O)=O)c1C. The summed E-state index contributed by atoms with van der Waals surface area (Å²) in [7, 11) is -3.73. The molecule has 114 valence electrons. The first-order valence-corrected chi connectivity index (χ1v) is 9.10. The highest BCUT2D eigenvalue weighted by Gasteiger charge is 2.15. The summed E-state index contributed by atoms with van der Waals surface area (Å²) in [5.74, 6) is 0.885. The highest BCUT2D eigenvalue weighted by molar-refractivity contribution is 7.99. The molecule has 0 atom stereocenters. The van der Waals surface area contributed by atoms with E-state index in [1.54, 1.807) is 24.8 Å². The van der Waals surface area contributed by atoms with E-state index in [4.69, 9.17) is 10.9 Å². The second-order valence-electron chi connectivity index (χ2n) is 4.56. The highest BCUT2D eigenvalue weighted by atomic mass is 32.2. The number of benzene rings is 1. The molecule has 0 heterocycles. The highest BCUT2D eigenvalue weighted by Crippen LogP contribution is 2.29. The molecule has 0 saturated carbocycles. The van der Waals surface area contributed by atoms with Crippen LogP contribution in [0.5, 0.6) is 0 Å². The average Bonchev–Trinajstić information content (AvgIpc) is 2.37. The lowest BCUT2D eigenvalue weighted by atomic mass is 10.2. The molecule has 0 aliphatic rings. The number of hydrogen-bond donors (Lipinski definition) is 2. The van der Waals surface area contributed by atoms with Crippen molar-refractivity contribution < 1.29 is 8.42 Å². The van der Waals surface area contributed by atoms with Crippen LogP contribution >= 0.6 is 11.8 Å². The summed E-state index contributed by atoms with van der Waals surface area (Å²) in [6.07, 6.45) is 0. The second-order valence-corrected chi connectivity index (χ2v) is 7.23. The Kier molecular flexibility index (Phi) is 6.32. The smallest absolute Gasteiger partial charge is 0.238 e. The van der Waals surface area contributed by atoms with Gasteiger partial charge in [0.2, 0.25) is 10.0 Å². The monoisotopic (exact) mass is 317 g/mol. The lowest BCUT2D eigenvalue weighted by Crippen LogP contribution is -2.25. The third-order valence-electron chi connectivity index (χ3n) is 3.20. The van der Waals surface area contributed by atoms with E-state index >= 15 is 0 Å². The molecule has 0 aliphatic carbocycles. The molecule has 20 heavy (non-hydrogen) atoms. The number of anilines is 1. The minimum absolute atomic E-state index is 0.114. The standard InChI is InChI=1S/C13H23N3O2S2/c1-4-16(5-2)6-7-19-12-8-11(14)9-13(10(12)3)20(15,17)18/h8-9H,4-7,14H2,1-3H3,(H2,15,17,18).